The standard InChI is InChI=1S/C11H13N5O/c1-2-13-10(17)6-9-14-11(16-15-9)8-4-3-5-12-7-8/h3-5,7H,2,6H2,1H3,(H,13,17)(H,14,15,16). The number of amides is 1. The Bertz CT molecular complexity index is 494. The molecule has 6 nitrogen and oxygen atoms in total. The van der Waals surface area contributed by atoms with Gasteiger partial charge in [0, 0.05) is 24.5 Å². The van der Waals surface area contributed by atoms with Gasteiger partial charge in [0.15, 0.2) is 5.82 Å². The van der Waals surface area contributed by atoms with E-state index in [9.17, 15) is 4.79 Å². The Morgan fingerprint density at radius 3 is 3.12 bits per heavy atom. The molecule has 88 valence electrons. The number of rotatable bonds is 4. The predicted molar refractivity (Wildman–Crippen MR) is 62.0 cm³/mol. The number of hydrogen-bond donors (Lipinski definition) is 2. The van der Waals surface area contributed by atoms with Gasteiger partial charge < -0.3 is 5.32 Å². The number of aromatic amines is 1. The Kier molecular flexibility index (Phi) is 3.44. The molecular formula is C11H13N5O. The summed E-state index contributed by atoms with van der Waals surface area (Å²) in [7, 11) is 0. The molecule has 2 N–H and O–H groups in total. The van der Waals surface area contributed by atoms with Crippen molar-refractivity contribution in [2.24, 2.45) is 0 Å². The van der Waals surface area contributed by atoms with Crippen molar-refractivity contribution >= 4 is 5.91 Å². The van der Waals surface area contributed by atoms with Crippen molar-refractivity contribution < 1.29 is 4.79 Å². The highest BCUT2D eigenvalue weighted by Crippen LogP contribution is 2.11. The number of carbonyl (C=O) groups excluding carboxylic acids is 1. The third-order valence-corrected chi connectivity index (χ3v) is 2.15. The van der Waals surface area contributed by atoms with Crippen LogP contribution in [0.25, 0.3) is 11.4 Å². The average molecular weight is 231 g/mol. The zero-order chi connectivity index (χ0) is 12.1. The average Bonchev–Trinajstić information content (AvgIpc) is 2.79. The van der Waals surface area contributed by atoms with E-state index in [1.54, 1.807) is 12.4 Å². The molecule has 2 rings (SSSR count). The SMILES string of the molecule is CCNC(=O)Cc1nc(-c2cccnc2)n[nH]1. The van der Waals surface area contributed by atoms with Gasteiger partial charge in [0.2, 0.25) is 5.91 Å². The Labute approximate surface area is 98.5 Å². The first-order valence-corrected chi connectivity index (χ1v) is 5.38. The summed E-state index contributed by atoms with van der Waals surface area (Å²) in [5.41, 5.74) is 0.825. The minimum atomic E-state index is -0.0682. The topological polar surface area (TPSA) is 83.6 Å². The lowest BCUT2D eigenvalue weighted by Crippen LogP contribution is -2.24. The van der Waals surface area contributed by atoms with E-state index in [1.165, 1.54) is 0 Å². The minimum Gasteiger partial charge on any atom is -0.356 e. The molecule has 1 amide bonds. The Hall–Kier alpha value is -2.24. The minimum absolute atomic E-state index is 0.0682. The van der Waals surface area contributed by atoms with Crippen molar-refractivity contribution in [3.8, 4) is 11.4 Å². The summed E-state index contributed by atoms with van der Waals surface area (Å²) in [6, 6.07) is 3.68. The molecule has 2 aromatic heterocycles. The molecule has 2 aromatic rings. The van der Waals surface area contributed by atoms with E-state index in [0.29, 0.717) is 18.2 Å². The summed E-state index contributed by atoms with van der Waals surface area (Å²) in [6.45, 7) is 2.49. The van der Waals surface area contributed by atoms with E-state index in [4.69, 9.17) is 0 Å². The van der Waals surface area contributed by atoms with Crippen LogP contribution in [0.2, 0.25) is 0 Å². The number of likely N-dealkylation sites (N-methyl/N-ethyl adjacent to an activating group) is 1. The second-order valence-electron chi connectivity index (χ2n) is 3.48. The van der Waals surface area contributed by atoms with Gasteiger partial charge in [-0.05, 0) is 19.1 Å². The molecule has 0 saturated heterocycles. The largest absolute Gasteiger partial charge is 0.356 e. The zero-order valence-corrected chi connectivity index (χ0v) is 9.47. The number of aromatic nitrogens is 4. The first kappa shape index (κ1) is 11.3. The van der Waals surface area contributed by atoms with Crippen LogP contribution in [-0.2, 0) is 11.2 Å². The second kappa shape index (κ2) is 5.20. The van der Waals surface area contributed by atoms with Crippen molar-refractivity contribution in [2.45, 2.75) is 13.3 Å². The molecule has 0 spiro atoms. The maximum Gasteiger partial charge on any atom is 0.227 e. The number of nitrogens with zero attached hydrogens (tertiary/aromatic N) is 3. The maximum absolute atomic E-state index is 11.3. The highest BCUT2D eigenvalue weighted by atomic mass is 16.1. The molecule has 2 heterocycles. The number of hydrogen-bond acceptors (Lipinski definition) is 4. The van der Waals surface area contributed by atoms with E-state index in [-0.39, 0.29) is 12.3 Å². The van der Waals surface area contributed by atoms with Crippen LogP contribution in [0.15, 0.2) is 24.5 Å². The third-order valence-electron chi connectivity index (χ3n) is 2.15. The smallest absolute Gasteiger partial charge is 0.227 e. The second-order valence-corrected chi connectivity index (χ2v) is 3.48. The van der Waals surface area contributed by atoms with Crippen molar-refractivity contribution in [3.05, 3.63) is 30.4 Å². The fraction of sp³-hybridized carbons (Fsp3) is 0.273. The Balaban J connectivity index is 2.09. The molecule has 0 aliphatic heterocycles. The van der Waals surface area contributed by atoms with Crippen molar-refractivity contribution in [1.29, 1.82) is 0 Å². The normalized spacial score (nSPS) is 10.2. The van der Waals surface area contributed by atoms with Crippen LogP contribution >= 0.6 is 0 Å². The van der Waals surface area contributed by atoms with Crippen LogP contribution in [0.4, 0.5) is 0 Å². The lowest BCUT2D eigenvalue weighted by molar-refractivity contribution is -0.120. The highest BCUT2D eigenvalue weighted by molar-refractivity contribution is 5.77. The maximum atomic E-state index is 11.3. The molecule has 17 heavy (non-hydrogen) atoms. The molecule has 6 heteroatoms. The van der Waals surface area contributed by atoms with Crippen LogP contribution in [0.5, 0.6) is 0 Å². The Morgan fingerprint density at radius 2 is 2.41 bits per heavy atom. The van der Waals surface area contributed by atoms with Gasteiger partial charge in [-0.2, -0.15) is 5.10 Å². The van der Waals surface area contributed by atoms with Gasteiger partial charge in [-0.15, -0.1) is 0 Å². The van der Waals surface area contributed by atoms with E-state index < -0.39 is 0 Å². The zero-order valence-electron chi connectivity index (χ0n) is 9.47. The molecule has 0 unspecified atom stereocenters. The van der Waals surface area contributed by atoms with Crippen LogP contribution in [0, 0.1) is 0 Å². The molecule has 0 fully saturated rings. The number of H-pyrrole nitrogens is 1. The van der Waals surface area contributed by atoms with Crippen LogP contribution in [0.3, 0.4) is 0 Å². The quantitative estimate of drug-likeness (QED) is 0.804. The molecule has 0 aromatic carbocycles. The van der Waals surface area contributed by atoms with E-state index in [0.717, 1.165) is 5.56 Å². The first-order valence-electron chi connectivity index (χ1n) is 5.38. The number of carbonyl (C=O) groups is 1. The van der Waals surface area contributed by atoms with Crippen molar-refractivity contribution in [3.63, 3.8) is 0 Å². The van der Waals surface area contributed by atoms with Gasteiger partial charge in [-0.25, -0.2) is 4.98 Å². The lowest BCUT2D eigenvalue weighted by Gasteiger charge is -1.97. The molecule has 0 aliphatic carbocycles. The molecule has 0 aliphatic rings. The third kappa shape index (κ3) is 2.87. The van der Waals surface area contributed by atoms with Crippen LogP contribution in [0.1, 0.15) is 12.7 Å². The summed E-state index contributed by atoms with van der Waals surface area (Å²) in [6.07, 6.45) is 3.58. The van der Waals surface area contributed by atoms with Gasteiger partial charge >= 0.3 is 0 Å². The van der Waals surface area contributed by atoms with Gasteiger partial charge in [0.05, 0.1) is 6.42 Å². The molecule has 0 radical (unpaired) electrons. The van der Waals surface area contributed by atoms with Gasteiger partial charge in [0.25, 0.3) is 0 Å². The molecule has 0 bridgehead atoms. The fourth-order valence-electron chi connectivity index (χ4n) is 1.41. The molecule has 0 saturated carbocycles. The summed E-state index contributed by atoms with van der Waals surface area (Å²) in [4.78, 5) is 19.6. The van der Waals surface area contributed by atoms with Gasteiger partial charge in [0.1, 0.15) is 5.82 Å². The summed E-state index contributed by atoms with van der Waals surface area (Å²) in [5, 5.41) is 9.49. The summed E-state index contributed by atoms with van der Waals surface area (Å²) in [5.74, 6) is 1.04. The lowest BCUT2D eigenvalue weighted by atomic mass is 10.3. The van der Waals surface area contributed by atoms with Gasteiger partial charge in [-0.3, -0.25) is 14.9 Å². The van der Waals surface area contributed by atoms with Crippen molar-refractivity contribution in [2.75, 3.05) is 6.54 Å². The fourth-order valence-corrected chi connectivity index (χ4v) is 1.41. The van der Waals surface area contributed by atoms with Crippen molar-refractivity contribution in [1.82, 2.24) is 25.5 Å². The summed E-state index contributed by atoms with van der Waals surface area (Å²) >= 11 is 0. The number of pyridine rings is 1. The van der Waals surface area contributed by atoms with Gasteiger partial charge in [-0.1, -0.05) is 0 Å². The van der Waals surface area contributed by atoms with Crippen LogP contribution < -0.4 is 5.32 Å². The monoisotopic (exact) mass is 231 g/mol. The highest BCUT2D eigenvalue weighted by Gasteiger charge is 2.08. The molecular weight excluding hydrogens is 218 g/mol. The van der Waals surface area contributed by atoms with E-state index in [1.807, 2.05) is 19.1 Å². The predicted octanol–water partition coefficient (Wildman–Crippen LogP) is 0.545. The summed E-state index contributed by atoms with van der Waals surface area (Å²) < 4.78 is 0. The molecule has 0 atom stereocenters. The van der Waals surface area contributed by atoms with Crippen LogP contribution in [-0.4, -0.2) is 32.6 Å². The van der Waals surface area contributed by atoms with E-state index >= 15 is 0 Å². The number of nitrogens with one attached hydrogen (secondary N) is 2. The van der Waals surface area contributed by atoms with E-state index in [2.05, 4.69) is 25.5 Å². The Morgan fingerprint density at radius 1 is 1.53 bits per heavy atom. The first-order chi connectivity index (χ1) is 8.29.